The molecule has 3 rings (SSSR count). The Morgan fingerprint density at radius 1 is 1.20 bits per heavy atom. The molecule has 0 aromatic carbocycles. The molecule has 0 radical (unpaired) electrons. The summed E-state index contributed by atoms with van der Waals surface area (Å²) in [6, 6.07) is 3.49. The fourth-order valence-electron chi connectivity index (χ4n) is 4.15. The maximum atomic E-state index is 12.8. The van der Waals surface area contributed by atoms with Crippen molar-refractivity contribution in [3.63, 3.8) is 0 Å². The van der Waals surface area contributed by atoms with Gasteiger partial charge in [0.15, 0.2) is 5.43 Å². The summed E-state index contributed by atoms with van der Waals surface area (Å²) in [5.41, 5.74) is 1.16. The van der Waals surface area contributed by atoms with E-state index in [0.29, 0.717) is 17.7 Å². The van der Waals surface area contributed by atoms with Gasteiger partial charge in [0.25, 0.3) is 5.91 Å². The molecule has 6 nitrogen and oxygen atoms in total. The van der Waals surface area contributed by atoms with E-state index in [1.54, 1.807) is 10.6 Å². The number of likely N-dealkylation sites (tertiary alicyclic amines) is 2. The Bertz CT molecular complexity index is 677. The van der Waals surface area contributed by atoms with Gasteiger partial charge < -0.3 is 14.6 Å². The number of aliphatic hydroxyl groups is 1. The van der Waals surface area contributed by atoms with Crippen LogP contribution in [0.15, 0.2) is 16.9 Å². The van der Waals surface area contributed by atoms with Gasteiger partial charge in [-0.1, -0.05) is 0 Å². The van der Waals surface area contributed by atoms with Gasteiger partial charge in [-0.3, -0.25) is 14.5 Å². The third-order valence-corrected chi connectivity index (χ3v) is 5.82. The van der Waals surface area contributed by atoms with Crippen LogP contribution in [-0.4, -0.2) is 64.2 Å². The van der Waals surface area contributed by atoms with Crippen molar-refractivity contribution >= 4 is 5.91 Å². The highest BCUT2D eigenvalue weighted by atomic mass is 16.3. The van der Waals surface area contributed by atoms with Crippen LogP contribution in [0.2, 0.25) is 0 Å². The number of nitrogens with zero attached hydrogens (tertiary/aromatic N) is 3. The molecule has 0 saturated carbocycles. The molecular formula is C19H29N3O3. The predicted molar refractivity (Wildman–Crippen MR) is 96.7 cm³/mol. The van der Waals surface area contributed by atoms with E-state index in [2.05, 4.69) is 4.90 Å². The third-order valence-electron chi connectivity index (χ3n) is 5.82. The summed E-state index contributed by atoms with van der Waals surface area (Å²) >= 11 is 0. The minimum atomic E-state index is -0.114. The number of carbonyl (C=O) groups excluding carboxylic acids is 1. The quantitative estimate of drug-likeness (QED) is 0.886. The molecule has 1 N–H and O–H groups in total. The molecule has 1 amide bonds. The van der Waals surface area contributed by atoms with Crippen molar-refractivity contribution in [2.45, 2.75) is 38.6 Å². The molecule has 6 heteroatoms. The van der Waals surface area contributed by atoms with Crippen LogP contribution in [0.25, 0.3) is 0 Å². The molecule has 25 heavy (non-hydrogen) atoms. The number of aliphatic hydroxyl groups excluding tert-OH is 1. The minimum Gasteiger partial charge on any atom is -0.396 e. The zero-order chi connectivity index (χ0) is 18.0. The van der Waals surface area contributed by atoms with Crippen molar-refractivity contribution < 1.29 is 9.90 Å². The highest BCUT2D eigenvalue weighted by Crippen LogP contribution is 2.24. The van der Waals surface area contributed by atoms with Gasteiger partial charge in [0, 0.05) is 57.2 Å². The summed E-state index contributed by atoms with van der Waals surface area (Å²) in [5.74, 6) is 0.351. The lowest BCUT2D eigenvalue weighted by Crippen LogP contribution is -2.50. The van der Waals surface area contributed by atoms with Gasteiger partial charge in [0.05, 0.1) is 0 Å². The second-order valence-corrected chi connectivity index (χ2v) is 7.49. The highest BCUT2D eigenvalue weighted by molar-refractivity contribution is 5.92. The molecule has 0 bridgehead atoms. The minimum absolute atomic E-state index is 0.0476. The lowest BCUT2D eigenvalue weighted by atomic mass is 9.94. The molecule has 0 aliphatic carbocycles. The smallest absolute Gasteiger partial charge is 0.270 e. The third kappa shape index (κ3) is 3.96. The summed E-state index contributed by atoms with van der Waals surface area (Å²) in [5, 5.41) is 9.41. The topological polar surface area (TPSA) is 65.8 Å². The number of aromatic nitrogens is 1. The molecule has 0 spiro atoms. The maximum absolute atomic E-state index is 12.8. The number of aryl methyl sites for hydroxylation is 1. The highest BCUT2D eigenvalue weighted by Gasteiger charge is 2.30. The van der Waals surface area contributed by atoms with Gasteiger partial charge in [0.2, 0.25) is 0 Å². The molecular weight excluding hydrogens is 318 g/mol. The standard InChI is InChI=1S/C19H29N3O3/c1-14-10-17(24)11-18(20(14)2)19(25)21-8-5-16(6-9-21)22-7-3-4-15(12-22)13-23/h10-11,15-16,23H,3-9,12-13H2,1-2H3/t15-/m0/s1. The zero-order valence-corrected chi connectivity index (χ0v) is 15.3. The maximum Gasteiger partial charge on any atom is 0.270 e. The number of rotatable bonds is 3. The second kappa shape index (κ2) is 7.70. The molecule has 1 atom stereocenters. The molecule has 2 aliphatic rings. The molecule has 2 aliphatic heterocycles. The Balaban J connectivity index is 1.62. The van der Waals surface area contributed by atoms with Crippen molar-refractivity contribution in [3.8, 4) is 0 Å². The largest absolute Gasteiger partial charge is 0.396 e. The van der Waals surface area contributed by atoms with Crippen molar-refractivity contribution in [2.75, 3.05) is 32.8 Å². The van der Waals surface area contributed by atoms with Crippen LogP contribution >= 0.6 is 0 Å². The van der Waals surface area contributed by atoms with Gasteiger partial charge in [-0.2, -0.15) is 0 Å². The number of hydrogen-bond donors (Lipinski definition) is 1. The summed E-state index contributed by atoms with van der Waals surface area (Å²) in [7, 11) is 1.83. The number of amides is 1. The Morgan fingerprint density at radius 2 is 1.92 bits per heavy atom. The first-order valence-corrected chi connectivity index (χ1v) is 9.31. The summed E-state index contributed by atoms with van der Waals surface area (Å²) < 4.78 is 1.80. The first-order chi connectivity index (χ1) is 12.0. The second-order valence-electron chi connectivity index (χ2n) is 7.49. The predicted octanol–water partition coefficient (Wildman–Crippen LogP) is 1.00. The summed E-state index contributed by atoms with van der Waals surface area (Å²) in [4.78, 5) is 29.0. The van der Waals surface area contributed by atoms with E-state index in [9.17, 15) is 14.7 Å². The van der Waals surface area contributed by atoms with Crippen LogP contribution < -0.4 is 5.43 Å². The van der Waals surface area contributed by atoms with E-state index in [1.165, 1.54) is 6.07 Å². The lowest BCUT2D eigenvalue weighted by molar-refractivity contribution is 0.0449. The van der Waals surface area contributed by atoms with Crippen molar-refractivity contribution in [2.24, 2.45) is 13.0 Å². The van der Waals surface area contributed by atoms with Gasteiger partial charge in [-0.15, -0.1) is 0 Å². The van der Waals surface area contributed by atoms with Gasteiger partial charge in [0.1, 0.15) is 5.69 Å². The van der Waals surface area contributed by atoms with Crippen LogP contribution in [0.4, 0.5) is 0 Å². The molecule has 2 fully saturated rings. The van der Waals surface area contributed by atoms with Crippen LogP contribution in [-0.2, 0) is 7.05 Å². The van der Waals surface area contributed by atoms with Crippen LogP contribution in [0.1, 0.15) is 41.9 Å². The van der Waals surface area contributed by atoms with Crippen LogP contribution in [0, 0.1) is 12.8 Å². The van der Waals surface area contributed by atoms with E-state index in [0.717, 1.165) is 57.6 Å². The summed E-state index contributed by atoms with van der Waals surface area (Å²) in [6.07, 6.45) is 4.19. The molecule has 2 saturated heterocycles. The van der Waals surface area contributed by atoms with E-state index in [4.69, 9.17) is 0 Å². The normalized spacial score (nSPS) is 23.0. The van der Waals surface area contributed by atoms with Crippen molar-refractivity contribution in [3.05, 3.63) is 33.7 Å². The Hall–Kier alpha value is -1.66. The zero-order valence-electron chi connectivity index (χ0n) is 15.3. The van der Waals surface area contributed by atoms with Crippen molar-refractivity contribution in [1.29, 1.82) is 0 Å². The van der Waals surface area contributed by atoms with Crippen molar-refractivity contribution in [1.82, 2.24) is 14.4 Å². The van der Waals surface area contributed by atoms with E-state index >= 15 is 0 Å². The van der Waals surface area contributed by atoms with Gasteiger partial charge >= 0.3 is 0 Å². The number of hydrogen-bond acceptors (Lipinski definition) is 4. The number of piperidine rings is 2. The van der Waals surface area contributed by atoms with Crippen LogP contribution in [0.5, 0.6) is 0 Å². The number of carbonyl (C=O) groups is 1. The molecule has 138 valence electrons. The van der Waals surface area contributed by atoms with E-state index in [1.807, 2.05) is 18.9 Å². The lowest BCUT2D eigenvalue weighted by Gasteiger charge is -2.42. The fraction of sp³-hybridized carbons (Fsp3) is 0.684. The number of pyridine rings is 1. The Labute approximate surface area is 149 Å². The molecule has 1 aromatic rings. The van der Waals surface area contributed by atoms with E-state index in [-0.39, 0.29) is 17.9 Å². The average Bonchev–Trinajstić information content (AvgIpc) is 2.64. The molecule has 3 heterocycles. The SMILES string of the molecule is Cc1cc(=O)cc(C(=O)N2CCC(N3CCC[C@H](CO)C3)CC2)n1C. The Kier molecular flexibility index (Phi) is 5.59. The Morgan fingerprint density at radius 3 is 2.60 bits per heavy atom. The van der Waals surface area contributed by atoms with Gasteiger partial charge in [-0.25, -0.2) is 0 Å². The molecule has 0 unspecified atom stereocenters. The van der Waals surface area contributed by atoms with Gasteiger partial charge in [-0.05, 0) is 45.1 Å². The monoisotopic (exact) mass is 347 g/mol. The first kappa shape index (κ1) is 18.1. The average molecular weight is 347 g/mol. The molecule has 1 aromatic heterocycles. The first-order valence-electron chi connectivity index (χ1n) is 9.31. The van der Waals surface area contributed by atoms with Crippen LogP contribution in [0.3, 0.4) is 0 Å². The van der Waals surface area contributed by atoms with E-state index < -0.39 is 0 Å². The summed E-state index contributed by atoms with van der Waals surface area (Å²) in [6.45, 7) is 5.65. The fourth-order valence-corrected chi connectivity index (χ4v) is 4.15.